The summed E-state index contributed by atoms with van der Waals surface area (Å²) in [5.74, 6) is 0.498. The molecule has 1 heterocycles. The minimum absolute atomic E-state index is 0.174. The van der Waals surface area contributed by atoms with Gasteiger partial charge in [-0.2, -0.15) is 0 Å². The van der Waals surface area contributed by atoms with Crippen LogP contribution in [0.25, 0.3) is 0 Å². The highest BCUT2D eigenvalue weighted by atomic mass is 79.9. The van der Waals surface area contributed by atoms with E-state index in [0.29, 0.717) is 18.7 Å². The second kappa shape index (κ2) is 5.15. The molecular weight excluding hydrogens is 354 g/mol. The molecule has 2 spiro atoms. The summed E-state index contributed by atoms with van der Waals surface area (Å²) in [6.45, 7) is 1.90. The van der Waals surface area contributed by atoms with Gasteiger partial charge >= 0.3 is 0 Å². The SMILES string of the molecule is [2H]C([2H])([2H])OC1CCC2(CC1)Cc1ccc(Br)cc1C21N=C(C)C(N)=N1. The fourth-order valence-corrected chi connectivity index (χ4v) is 4.89. The second-order valence-electron chi connectivity index (χ2n) is 6.94. The summed E-state index contributed by atoms with van der Waals surface area (Å²) >= 11 is 3.57. The van der Waals surface area contributed by atoms with Crippen molar-refractivity contribution in [2.75, 3.05) is 7.04 Å². The Kier molecular flexibility index (Phi) is 2.73. The predicted octanol–water partition coefficient (Wildman–Crippen LogP) is 3.57. The molecule has 3 aliphatic rings. The molecule has 0 saturated heterocycles. The van der Waals surface area contributed by atoms with Crippen molar-refractivity contribution in [2.24, 2.45) is 21.1 Å². The molecule has 1 aromatic carbocycles. The van der Waals surface area contributed by atoms with Gasteiger partial charge in [0.1, 0.15) is 5.84 Å². The molecular formula is C18H22BrN3O. The molecule has 23 heavy (non-hydrogen) atoms. The Morgan fingerprint density at radius 2 is 2.13 bits per heavy atom. The molecule has 0 radical (unpaired) electrons. The van der Waals surface area contributed by atoms with Crippen LogP contribution >= 0.6 is 15.9 Å². The van der Waals surface area contributed by atoms with E-state index in [1.165, 1.54) is 5.56 Å². The molecule has 1 aromatic rings. The molecule has 4 nitrogen and oxygen atoms in total. The third kappa shape index (κ3) is 2.06. The summed E-state index contributed by atoms with van der Waals surface area (Å²) in [4.78, 5) is 9.85. The summed E-state index contributed by atoms with van der Waals surface area (Å²) in [5.41, 5.74) is 8.41. The van der Waals surface area contributed by atoms with Gasteiger partial charge in [-0.25, -0.2) is 4.99 Å². The molecule has 122 valence electrons. The van der Waals surface area contributed by atoms with Crippen LogP contribution in [0, 0.1) is 5.41 Å². The number of halogens is 1. The van der Waals surface area contributed by atoms with Gasteiger partial charge < -0.3 is 10.5 Å². The van der Waals surface area contributed by atoms with Crippen LogP contribution in [0.3, 0.4) is 0 Å². The Morgan fingerprint density at radius 3 is 2.78 bits per heavy atom. The lowest BCUT2D eigenvalue weighted by Crippen LogP contribution is -2.43. The number of nitrogens with zero attached hydrogens (tertiary/aromatic N) is 2. The van der Waals surface area contributed by atoms with Gasteiger partial charge in [0.2, 0.25) is 0 Å². The highest BCUT2D eigenvalue weighted by Gasteiger charge is 2.60. The lowest BCUT2D eigenvalue weighted by molar-refractivity contribution is -0.000382. The largest absolute Gasteiger partial charge is 0.382 e. The molecule has 4 rings (SSSR count). The first-order chi connectivity index (χ1) is 12.1. The maximum Gasteiger partial charge on any atom is 0.184 e. The highest BCUT2D eigenvalue weighted by molar-refractivity contribution is 9.10. The normalized spacial score (nSPS) is 38.0. The molecule has 2 N–H and O–H groups in total. The Morgan fingerprint density at radius 1 is 1.35 bits per heavy atom. The van der Waals surface area contributed by atoms with Crippen molar-refractivity contribution in [3.63, 3.8) is 0 Å². The number of amidine groups is 1. The van der Waals surface area contributed by atoms with Crippen LogP contribution in [0.2, 0.25) is 0 Å². The van der Waals surface area contributed by atoms with E-state index >= 15 is 0 Å². The zero-order chi connectivity index (χ0) is 18.7. The molecule has 1 atom stereocenters. The molecule has 0 amide bonds. The van der Waals surface area contributed by atoms with Crippen molar-refractivity contribution in [3.8, 4) is 0 Å². The van der Waals surface area contributed by atoms with Gasteiger partial charge in [-0.1, -0.05) is 22.0 Å². The number of rotatable bonds is 1. The zero-order valence-corrected chi connectivity index (χ0v) is 14.7. The smallest absolute Gasteiger partial charge is 0.184 e. The number of nitrogens with two attached hydrogens (primary N) is 1. The average Bonchev–Trinajstić information content (AvgIpc) is 2.98. The minimum atomic E-state index is -2.35. The van der Waals surface area contributed by atoms with E-state index in [-0.39, 0.29) is 11.5 Å². The monoisotopic (exact) mass is 378 g/mol. The van der Waals surface area contributed by atoms with Crippen molar-refractivity contribution in [2.45, 2.75) is 50.8 Å². The second-order valence-corrected chi connectivity index (χ2v) is 7.86. The third-order valence-electron chi connectivity index (χ3n) is 5.75. The molecule has 0 bridgehead atoms. The highest BCUT2D eigenvalue weighted by Crippen LogP contribution is 2.61. The summed E-state index contributed by atoms with van der Waals surface area (Å²) < 4.78 is 28.3. The Bertz CT molecular complexity index is 792. The van der Waals surface area contributed by atoms with Crippen molar-refractivity contribution in [3.05, 3.63) is 33.8 Å². The number of hydrogen-bond donors (Lipinski definition) is 1. The van der Waals surface area contributed by atoms with Crippen LogP contribution in [-0.4, -0.2) is 24.7 Å². The number of fused-ring (bicyclic) bond motifs is 3. The lowest BCUT2D eigenvalue weighted by atomic mass is 9.65. The summed E-state index contributed by atoms with van der Waals surface area (Å²) in [5, 5.41) is 0. The van der Waals surface area contributed by atoms with E-state index in [2.05, 4.69) is 28.1 Å². The van der Waals surface area contributed by atoms with E-state index in [1.54, 1.807) is 0 Å². The van der Waals surface area contributed by atoms with Crippen LogP contribution in [-0.2, 0) is 16.8 Å². The summed E-state index contributed by atoms with van der Waals surface area (Å²) in [6.07, 6.45) is 3.65. The molecule has 0 aromatic heterocycles. The van der Waals surface area contributed by atoms with Gasteiger partial charge in [-0.3, -0.25) is 4.99 Å². The number of benzene rings is 1. The van der Waals surface area contributed by atoms with Gasteiger partial charge in [0.15, 0.2) is 5.66 Å². The van der Waals surface area contributed by atoms with Crippen LogP contribution < -0.4 is 5.73 Å². The first-order valence-corrected chi connectivity index (χ1v) is 8.82. The maximum absolute atomic E-state index is 7.36. The summed E-state index contributed by atoms with van der Waals surface area (Å²) in [6, 6.07) is 6.29. The van der Waals surface area contributed by atoms with Crippen molar-refractivity contribution in [1.29, 1.82) is 0 Å². The van der Waals surface area contributed by atoms with Crippen LogP contribution in [0.15, 0.2) is 32.7 Å². The number of ether oxygens (including phenoxy) is 1. The third-order valence-corrected chi connectivity index (χ3v) is 6.25. The van der Waals surface area contributed by atoms with Crippen LogP contribution in [0.1, 0.15) is 47.8 Å². The van der Waals surface area contributed by atoms with Crippen molar-refractivity contribution >= 4 is 27.5 Å². The number of methoxy groups -OCH3 is 1. The average molecular weight is 379 g/mol. The molecule has 1 saturated carbocycles. The molecule has 1 aliphatic heterocycles. The van der Waals surface area contributed by atoms with E-state index in [9.17, 15) is 0 Å². The molecule has 1 unspecified atom stereocenters. The number of aliphatic imine (C=N–C) groups is 2. The Labute approximate surface area is 149 Å². The summed E-state index contributed by atoms with van der Waals surface area (Å²) in [7, 11) is -2.35. The van der Waals surface area contributed by atoms with E-state index < -0.39 is 12.7 Å². The molecule has 2 aliphatic carbocycles. The van der Waals surface area contributed by atoms with Gasteiger partial charge in [-0.15, -0.1) is 0 Å². The van der Waals surface area contributed by atoms with Gasteiger partial charge in [0.25, 0.3) is 0 Å². The molecule has 1 fully saturated rings. The first kappa shape index (κ1) is 12.2. The standard InChI is InChI=1S/C18H22BrN3O/c1-11-16(20)22-18(21-11)15-9-13(19)4-3-12(15)10-17(18)7-5-14(23-2)6-8-17/h3-4,9,14H,5-8,10H2,1-2H3,(H2,20,22)/i2D3. The van der Waals surface area contributed by atoms with Crippen molar-refractivity contribution < 1.29 is 8.85 Å². The zero-order valence-electron chi connectivity index (χ0n) is 16.1. The predicted molar refractivity (Wildman–Crippen MR) is 96.0 cm³/mol. The van der Waals surface area contributed by atoms with Crippen LogP contribution in [0.5, 0.6) is 0 Å². The first-order valence-electron chi connectivity index (χ1n) is 9.53. The lowest BCUT2D eigenvalue weighted by Gasteiger charge is -2.44. The number of hydrogen-bond acceptors (Lipinski definition) is 4. The van der Waals surface area contributed by atoms with Gasteiger partial charge in [0, 0.05) is 22.5 Å². The Balaban J connectivity index is 1.72. The van der Waals surface area contributed by atoms with E-state index in [1.807, 2.05) is 13.0 Å². The van der Waals surface area contributed by atoms with E-state index in [4.69, 9.17) is 24.6 Å². The Hall–Kier alpha value is -1.20. The fraction of sp³-hybridized carbons (Fsp3) is 0.556. The van der Waals surface area contributed by atoms with Gasteiger partial charge in [-0.05, 0) is 56.7 Å². The van der Waals surface area contributed by atoms with E-state index in [0.717, 1.165) is 35.0 Å². The fourth-order valence-electron chi connectivity index (χ4n) is 4.53. The van der Waals surface area contributed by atoms with Crippen molar-refractivity contribution in [1.82, 2.24) is 0 Å². The minimum Gasteiger partial charge on any atom is -0.382 e. The maximum atomic E-state index is 7.36. The van der Waals surface area contributed by atoms with Gasteiger partial charge in [0.05, 0.1) is 15.9 Å². The van der Waals surface area contributed by atoms with Crippen LogP contribution in [0.4, 0.5) is 0 Å². The molecule has 5 heteroatoms. The quantitative estimate of drug-likeness (QED) is 0.811. The topological polar surface area (TPSA) is 60.0 Å².